The molecule has 192 valence electrons. The molecule has 0 aliphatic heterocycles. The van der Waals surface area contributed by atoms with E-state index in [1.807, 2.05) is 76.2 Å². The van der Waals surface area contributed by atoms with Crippen LogP contribution in [0.3, 0.4) is 0 Å². The smallest absolute Gasteiger partial charge is 0.161 e. The van der Waals surface area contributed by atoms with Gasteiger partial charge in [0, 0.05) is 18.3 Å². The van der Waals surface area contributed by atoms with Crippen molar-refractivity contribution >= 4 is 11.6 Å². The third-order valence-corrected chi connectivity index (χ3v) is 5.30. The predicted molar refractivity (Wildman–Crippen MR) is 148 cm³/mol. The summed E-state index contributed by atoms with van der Waals surface area (Å²) in [5, 5.41) is 0. The molecule has 35 heavy (non-hydrogen) atoms. The number of benzene rings is 2. The number of hydrogen-bond acceptors (Lipinski definition) is 4. The van der Waals surface area contributed by atoms with Crippen LogP contribution < -0.4 is 9.47 Å². The summed E-state index contributed by atoms with van der Waals surface area (Å²) < 4.78 is 11.4. The van der Waals surface area contributed by atoms with E-state index < -0.39 is 0 Å². The summed E-state index contributed by atoms with van der Waals surface area (Å²) >= 11 is 0. The van der Waals surface area contributed by atoms with Crippen molar-refractivity contribution in [3.63, 3.8) is 0 Å². The maximum atomic E-state index is 11.6. The molecule has 0 atom stereocenters. The van der Waals surface area contributed by atoms with Crippen LogP contribution in [0.15, 0.2) is 72.8 Å². The van der Waals surface area contributed by atoms with Crippen LogP contribution in [0.4, 0.5) is 0 Å². The van der Waals surface area contributed by atoms with Gasteiger partial charge in [-0.05, 0) is 60.4 Å². The molecule has 2 aromatic carbocycles. The van der Waals surface area contributed by atoms with Gasteiger partial charge in [-0.15, -0.1) is 0 Å². The van der Waals surface area contributed by atoms with E-state index in [4.69, 9.17) is 9.47 Å². The lowest BCUT2D eigenvalue weighted by Crippen LogP contribution is -2.18. The second kappa shape index (κ2) is 16.5. The van der Waals surface area contributed by atoms with Crippen molar-refractivity contribution in [3.05, 3.63) is 84.0 Å². The predicted octanol–water partition coefficient (Wildman–Crippen LogP) is 7.89. The molecule has 0 radical (unpaired) electrons. The Kier molecular flexibility index (Phi) is 15.0. The molecule has 0 aliphatic carbocycles. The molecule has 0 aliphatic rings. The minimum Gasteiger partial charge on any atom is -0.493 e. The molecule has 0 saturated heterocycles. The highest BCUT2D eigenvalue weighted by Crippen LogP contribution is 2.33. The summed E-state index contributed by atoms with van der Waals surface area (Å²) in [7, 11) is 0. The standard InChI is InChI=1S/C27H32O4.2C2H6/c1-19(2)25(28)15-17-30-23-11-7-21(8-12-23)27(5,6)22-9-13-24(14-10-22)31-18-16-26(29)20(3)4;2*1-2/h7-14H,1,3,15-18H2,2,4-6H3;2*1-2H3. The quantitative estimate of drug-likeness (QED) is 0.290. The van der Waals surface area contributed by atoms with Crippen LogP contribution in [-0.2, 0) is 15.0 Å². The largest absolute Gasteiger partial charge is 0.493 e. The van der Waals surface area contributed by atoms with Crippen LogP contribution in [0.25, 0.3) is 0 Å². The second-order valence-corrected chi connectivity index (χ2v) is 8.28. The number of carbonyl (C=O) groups excluding carboxylic acids is 2. The number of hydrogen-bond donors (Lipinski definition) is 0. The zero-order valence-corrected chi connectivity index (χ0v) is 23.0. The maximum Gasteiger partial charge on any atom is 0.161 e. The van der Waals surface area contributed by atoms with Crippen LogP contribution >= 0.6 is 0 Å². The zero-order chi connectivity index (χ0) is 27.0. The van der Waals surface area contributed by atoms with E-state index in [2.05, 4.69) is 27.0 Å². The third kappa shape index (κ3) is 10.8. The molecule has 0 bridgehead atoms. The highest BCUT2D eigenvalue weighted by Gasteiger charge is 2.23. The van der Waals surface area contributed by atoms with Crippen LogP contribution in [-0.4, -0.2) is 24.8 Å². The van der Waals surface area contributed by atoms with Gasteiger partial charge >= 0.3 is 0 Å². The zero-order valence-electron chi connectivity index (χ0n) is 23.0. The van der Waals surface area contributed by atoms with E-state index in [1.165, 1.54) is 0 Å². The van der Waals surface area contributed by atoms with Crippen LogP contribution in [0.5, 0.6) is 11.5 Å². The molecule has 0 unspecified atom stereocenters. The number of rotatable bonds is 12. The Labute approximate surface area is 213 Å². The monoisotopic (exact) mass is 480 g/mol. The van der Waals surface area contributed by atoms with Gasteiger partial charge in [0.25, 0.3) is 0 Å². The van der Waals surface area contributed by atoms with Crippen molar-refractivity contribution in [2.24, 2.45) is 0 Å². The normalized spacial score (nSPS) is 10.1. The fraction of sp³-hybridized carbons (Fsp3) is 0.419. The van der Waals surface area contributed by atoms with Gasteiger partial charge in [0.15, 0.2) is 11.6 Å². The molecular weight excluding hydrogens is 436 g/mol. The lowest BCUT2D eigenvalue weighted by atomic mass is 9.78. The van der Waals surface area contributed by atoms with E-state index in [1.54, 1.807) is 13.8 Å². The van der Waals surface area contributed by atoms with Crippen LogP contribution in [0, 0.1) is 0 Å². The van der Waals surface area contributed by atoms with Gasteiger partial charge in [-0.25, -0.2) is 0 Å². The Morgan fingerprint density at radius 1 is 0.657 bits per heavy atom. The summed E-state index contributed by atoms with van der Waals surface area (Å²) in [6.45, 7) is 23.7. The molecular formula is C31H44O4. The van der Waals surface area contributed by atoms with Crippen molar-refractivity contribution in [2.75, 3.05) is 13.2 Å². The Hall–Kier alpha value is -3.14. The van der Waals surface area contributed by atoms with Gasteiger partial charge in [0.1, 0.15) is 11.5 Å². The highest BCUT2D eigenvalue weighted by molar-refractivity contribution is 5.94. The molecule has 0 fully saturated rings. The molecule has 0 saturated carbocycles. The topological polar surface area (TPSA) is 52.6 Å². The van der Waals surface area contributed by atoms with Crippen molar-refractivity contribution in [1.82, 2.24) is 0 Å². The maximum absolute atomic E-state index is 11.6. The molecule has 0 spiro atoms. The summed E-state index contributed by atoms with van der Waals surface area (Å²) in [4.78, 5) is 23.2. The van der Waals surface area contributed by atoms with Gasteiger partial charge in [0.2, 0.25) is 0 Å². The van der Waals surface area contributed by atoms with Crippen LogP contribution in [0.2, 0.25) is 0 Å². The van der Waals surface area contributed by atoms with Gasteiger partial charge in [-0.1, -0.05) is 79.0 Å². The first kappa shape index (κ1) is 31.9. The van der Waals surface area contributed by atoms with E-state index in [-0.39, 0.29) is 17.0 Å². The van der Waals surface area contributed by atoms with Gasteiger partial charge < -0.3 is 9.47 Å². The average Bonchev–Trinajstić information content (AvgIpc) is 2.87. The van der Waals surface area contributed by atoms with Crippen molar-refractivity contribution < 1.29 is 19.1 Å². The van der Waals surface area contributed by atoms with E-state index >= 15 is 0 Å². The average molecular weight is 481 g/mol. The summed E-state index contributed by atoms with van der Waals surface area (Å²) in [5.41, 5.74) is 3.20. The number of Topliss-reactive ketones (excluding diaryl/α,β-unsaturated/α-hetero) is 2. The first-order valence-electron chi connectivity index (χ1n) is 12.5. The Bertz CT molecular complexity index is 857. The number of ether oxygens (including phenoxy) is 2. The molecule has 0 N–H and O–H groups in total. The fourth-order valence-corrected chi connectivity index (χ4v) is 3.05. The van der Waals surface area contributed by atoms with Crippen molar-refractivity contribution in [2.45, 2.75) is 73.6 Å². The minimum absolute atomic E-state index is 0.0209. The summed E-state index contributed by atoms with van der Waals surface area (Å²) in [6.07, 6.45) is 0.663. The van der Waals surface area contributed by atoms with E-state index in [9.17, 15) is 9.59 Å². The van der Waals surface area contributed by atoms with Gasteiger partial charge in [-0.3, -0.25) is 9.59 Å². The SMILES string of the molecule is C=C(C)C(=O)CCOc1ccc(C(C)(C)c2ccc(OCCC(=O)C(=C)C)cc2)cc1.CC.CC. The molecule has 2 rings (SSSR count). The second-order valence-electron chi connectivity index (χ2n) is 8.28. The molecule has 4 nitrogen and oxygen atoms in total. The van der Waals surface area contributed by atoms with Crippen LogP contribution in [0.1, 0.15) is 79.4 Å². The Morgan fingerprint density at radius 3 is 1.20 bits per heavy atom. The van der Waals surface area contributed by atoms with Gasteiger partial charge in [0.05, 0.1) is 13.2 Å². The Balaban J connectivity index is 0.00000274. The first-order chi connectivity index (χ1) is 16.6. The summed E-state index contributed by atoms with van der Waals surface area (Å²) in [6, 6.07) is 15.9. The lowest BCUT2D eigenvalue weighted by Gasteiger charge is -2.26. The molecule has 0 amide bonds. The Morgan fingerprint density at radius 2 is 0.943 bits per heavy atom. The van der Waals surface area contributed by atoms with E-state index in [0.29, 0.717) is 37.2 Å². The van der Waals surface area contributed by atoms with E-state index in [0.717, 1.165) is 22.6 Å². The number of carbonyl (C=O) groups is 2. The molecule has 0 aromatic heterocycles. The molecule has 4 heteroatoms. The van der Waals surface area contributed by atoms with Crippen molar-refractivity contribution in [1.29, 1.82) is 0 Å². The number of allylic oxidation sites excluding steroid dienone is 2. The first-order valence-corrected chi connectivity index (χ1v) is 12.5. The molecule has 0 heterocycles. The van der Waals surface area contributed by atoms with Gasteiger partial charge in [-0.2, -0.15) is 0 Å². The minimum atomic E-state index is -0.205. The third-order valence-electron chi connectivity index (χ3n) is 5.30. The molecule has 2 aromatic rings. The number of ketones is 2. The van der Waals surface area contributed by atoms with Crippen molar-refractivity contribution in [3.8, 4) is 11.5 Å². The fourth-order valence-electron chi connectivity index (χ4n) is 3.05. The highest BCUT2D eigenvalue weighted by atomic mass is 16.5. The lowest BCUT2D eigenvalue weighted by molar-refractivity contribution is -0.116. The summed E-state index contributed by atoms with van der Waals surface area (Å²) in [5.74, 6) is 1.52.